The number of hydrogen-bond donors (Lipinski definition) is 0. The van der Waals surface area contributed by atoms with Crippen molar-refractivity contribution in [1.82, 2.24) is 13.5 Å². The molecule has 0 aliphatic carbocycles. The van der Waals surface area contributed by atoms with Gasteiger partial charge in [-0.2, -0.15) is 17.0 Å². The van der Waals surface area contributed by atoms with Crippen LogP contribution in [0.5, 0.6) is 0 Å². The number of piperazine rings is 1. The van der Waals surface area contributed by atoms with E-state index in [4.69, 9.17) is 0 Å². The zero-order chi connectivity index (χ0) is 18.4. The van der Waals surface area contributed by atoms with Crippen molar-refractivity contribution in [2.75, 3.05) is 39.3 Å². The predicted molar refractivity (Wildman–Crippen MR) is 103 cm³/mol. The lowest BCUT2D eigenvalue weighted by Crippen LogP contribution is -2.53. The molecule has 8 heteroatoms. The Morgan fingerprint density at radius 3 is 2.32 bits per heavy atom. The molecule has 1 aromatic carbocycles. The second-order valence-corrected chi connectivity index (χ2v) is 8.45. The highest BCUT2D eigenvalue weighted by molar-refractivity contribution is 9.10. The van der Waals surface area contributed by atoms with Crippen molar-refractivity contribution in [1.29, 1.82) is 0 Å². The van der Waals surface area contributed by atoms with Gasteiger partial charge in [0.2, 0.25) is 5.91 Å². The number of carbonyl (C=O) groups excluding carboxylic acids is 1. The molecule has 0 bridgehead atoms. The van der Waals surface area contributed by atoms with Gasteiger partial charge >= 0.3 is 0 Å². The van der Waals surface area contributed by atoms with Crippen molar-refractivity contribution in [2.45, 2.75) is 13.8 Å². The van der Waals surface area contributed by atoms with E-state index >= 15 is 0 Å². The van der Waals surface area contributed by atoms with E-state index in [1.807, 2.05) is 38.1 Å². The smallest absolute Gasteiger partial charge is 0.282 e. The Morgan fingerprint density at radius 2 is 1.76 bits per heavy atom. The summed E-state index contributed by atoms with van der Waals surface area (Å²) in [6, 6.07) is 7.66. The van der Waals surface area contributed by atoms with E-state index in [9.17, 15) is 13.2 Å². The van der Waals surface area contributed by atoms with E-state index in [0.717, 1.165) is 10.0 Å². The molecule has 0 unspecified atom stereocenters. The fourth-order valence-corrected chi connectivity index (χ4v) is 4.75. The van der Waals surface area contributed by atoms with Crippen molar-refractivity contribution < 1.29 is 13.2 Å². The van der Waals surface area contributed by atoms with E-state index in [-0.39, 0.29) is 5.91 Å². The lowest BCUT2D eigenvalue weighted by atomic mass is 10.2. The van der Waals surface area contributed by atoms with Crippen LogP contribution >= 0.6 is 15.9 Å². The second kappa shape index (κ2) is 8.93. The second-order valence-electron chi connectivity index (χ2n) is 5.67. The Morgan fingerprint density at radius 1 is 1.16 bits per heavy atom. The molecular formula is C17H24BrN3O3S. The van der Waals surface area contributed by atoms with Crippen LogP contribution < -0.4 is 0 Å². The molecule has 1 aromatic rings. The minimum absolute atomic E-state index is 0.101. The Bertz CT molecular complexity index is 724. The Balaban J connectivity index is 1.96. The molecule has 25 heavy (non-hydrogen) atoms. The molecule has 138 valence electrons. The van der Waals surface area contributed by atoms with Gasteiger partial charge < -0.3 is 4.90 Å². The molecule has 0 atom stereocenters. The third kappa shape index (κ3) is 4.91. The molecule has 1 fully saturated rings. The number of hydrogen-bond acceptors (Lipinski definition) is 3. The normalized spacial score (nSPS) is 16.7. The third-order valence-corrected chi connectivity index (χ3v) is 7.13. The van der Waals surface area contributed by atoms with E-state index in [2.05, 4.69) is 15.9 Å². The van der Waals surface area contributed by atoms with Gasteiger partial charge in [-0.25, -0.2) is 0 Å². The molecule has 0 saturated carbocycles. The first-order valence-corrected chi connectivity index (χ1v) is 10.6. The largest absolute Gasteiger partial charge is 0.337 e. The first-order valence-electron chi connectivity index (χ1n) is 8.36. The predicted octanol–water partition coefficient (Wildman–Crippen LogP) is 2.19. The van der Waals surface area contributed by atoms with Gasteiger partial charge in [-0.1, -0.05) is 48.0 Å². The lowest BCUT2D eigenvalue weighted by Gasteiger charge is -2.35. The van der Waals surface area contributed by atoms with Crippen LogP contribution in [-0.4, -0.2) is 67.1 Å². The summed E-state index contributed by atoms with van der Waals surface area (Å²) in [6.07, 6.45) is 3.31. The van der Waals surface area contributed by atoms with Crippen LogP contribution in [0.1, 0.15) is 19.4 Å². The molecule has 1 amide bonds. The summed E-state index contributed by atoms with van der Waals surface area (Å²) < 4.78 is 28.8. The minimum atomic E-state index is -3.43. The zero-order valence-corrected chi connectivity index (χ0v) is 17.0. The third-order valence-electron chi connectivity index (χ3n) is 4.22. The van der Waals surface area contributed by atoms with Crippen molar-refractivity contribution >= 4 is 38.1 Å². The van der Waals surface area contributed by atoms with Gasteiger partial charge in [0.05, 0.1) is 0 Å². The molecule has 1 aliphatic rings. The SMILES string of the molecule is CCN(CC)S(=O)(=O)N1CCN(C(=O)/C=C/c2ccccc2Br)CC1. The summed E-state index contributed by atoms with van der Waals surface area (Å²) in [6.45, 7) is 6.01. The van der Waals surface area contributed by atoms with Crippen LogP contribution in [0.2, 0.25) is 0 Å². The first kappa shape index (κ1) is 20.1. The quantitative estimate of drug-likeness (QED) is 0.651. The summed E-state index contributed by atoms with van der Waals surface area (Å²) >= 11 is 3.45. The molecule has 0 N–H and O–H groups in total. The highest BCUT2D eigenvalue weighted by Gasteiger charge is 2.31. The molecule has 0 spiro atoms. The molecule has 0 radical (unpaired) electrons. The molecular weight excluding hydrogens is 406 g/mol. The average molecular weight is 430 g/mol. The number of benzene rings is 1. The summed E-state index contributed by atoms with van der Waals surface area (Å²) in [7, 11) is -3.43. The Kier molecular flexibility index (Phi) is 7.18. The van der Waals surface area contributed by atoms with Crippen LogP contribution in [0, 0.1) is 0 Å². The van der Waals surface area contributed by atoms with Gasteiger partial charge in [0.25, 0.3) is 10.2 Å². The van der Waals surface area contributed by atoms with Crippen molar-refractivity contribution in [3.8, 4) is 0 Å². The molecule has 6 nitrogen and oxygen atoms in total. The Hall–Kier alpha value is -1.22. The van der Waals surface area contributed by atoms with Gasteiger partial charge in [0.1, 0.15) is 0 Å². The maximum atomic E-state index is 12.5. The Labute approximate surface area is 158 Å². The number of carbonyl (C=O) groups is 1. The van der Waals surface area contributed by atoms with Crippen LogP contribution in [0.3, 0.4) is 0 Å². The van der Waals surface area contributed by atoms with Crippen LogP contribution in [0.15, 0.2) is 34.8 Å². The first-order chi connectivity index (χ1) is 11.9. The summed E-state index contributed by atoms with van der Waals surface area (Å²) in [5.74, 6) is -0.101. The highest BCUT2D eigenvalue weighted by atomic mass is 79.9. The van der Waals surface area contributed by atoms with Crippen molar-refractivity contribution in [2.24, 2.45) is 0 Å². The summed E-state index contributed by atoms with van der Waals surface area (Å²) in [5, 5.41) is 0. The molecule has 0 aromatic heterocycles. The maximum Gasteiger partial charge on any atom is 0.282 e. The maximum absolute atomic E-state index is 12.5. The van der Waals surface area contributed by atoms with E-state index in [1.54, 1.807) is 11.0 Å². The molecule has 2 rings (SSSR count). The van der Waals surface area contributed by atoms with Gasteiger partial charge in [0, 0.05) is 49.8 Å². The highest BCUT2D eigenvalue weighted by Crippen LogP contribution is 2.18. The van der Waals surface area contributed by atoms with Gasteiger partial charge in [-0.15, -0.1) is 0 Å². The number of amides is 1. The van der Waals surface area contributed by atoms with E-state index in [0.29, 0.717) is 39.3 Å². The fraction of sp³-hybridized carbons (Fsp3) is 0.471. The number of nitrogens with zero attached hydrogens (tertiary/aromatic N) is 3. The molecule has 1 aliphatic heterocycles. The van der Waals surface area contributed by atoms with Crippen LogP contribution in [0.4, 0.5) is 0 Å². The topological polar surface area (TPSA) is 60.9 Å². The van der Waals surface area contributed by atoms with Crippen LogP contribution in [-0.2, 0) is 15.0 Å². The summed E-state index contributed by atoms with van der Waals surface area (Å²) in [4.78, 5) is 14.0. The van der Waals surface area contributed by atoms with Gasteiger partial charge in [0.15, 0.2) is 0 Å². The zero-order valence-electron chi connectivity index (χ0n) is 14.6. The molecule has 1 heterocycles. The van der Waals surface area contributed by atoms with E-state index < -0.39 is 10.2 Å². The number of halogens is 1. The minimum Gasteiger partial charge on any atom is -0.337 e. The molecule has 1 saturated heterocycles. The fourth-order valence-electron chi connectivity index (χ4n) is 2.73. The average Bonchev–Trinajstić information content (AvgIpc) is 2.61. The van der Waals surface area contributed by atoms with Gasteiger partial charge in [-0.05, 0) is 17.7 Å². The van der Waals surface area contributed by atoms with E-state index in [1.165, 1.54) is 14.7 Å². The van der Waals surface area contributed by atoms with Crippen molar-refractivity contribution in [3.05, 3.63) is 40.4 Å². The standard InChI is InChI=1S/C17H24BrN3O3S/c1-3-20(4-2)25(23,24)21-13-11-19(12-14-21)17(22)10-9-15-7-5-6-8-16(15)18/h5-10H,3-4,11-14H2,1-2H3/b10-9+. The van der Waals surface area contributed by atoms with Crippen LogP contribution in [0.25, 0.3) is 6.08 Å². The van der Waals surface area contributed by atoms with Crippen molar-refractivity contribution in [3.63, 3.8) is 0 Å². The monoisotopic (exact) mass is 429 g/mol. The lowest BCUT2D eigenvalue weighted by molar-refractivity contribution is -0.127. The number of rotatable bonds is 6. The summed E-state index contributed by atoms with van der Waals surface area (Å²) in [5.41, 5.74) is 0.929. The van der Waals surface area contributed by atoms with Gasteiger partial charge in [-0.3, -0.25) is 4.79 Å².